The highest BCUT2D eigenvalue weighted by Gasteiger charge is 2.16. The van der Waals surface area contributed by atoms with Crippen molar-refractivity contribution in [2.75, 3.05) is 0 Å². The fraction of sp³-hybridized carbons (Fsp3) is 0.0870. The van der Waals surface area contributed by atoms with Crippen LogP contribution in [0.15, 0.2) is 66.7 Å². The fourth-order valence-electron chi connectivity index (χ4n) is 3.81. The zero-order chi connectivity index (χ0) is 17.0. The van der Waals surface area contributed by atoms with Gasteiger partial charge < -0.3 is 4.98 Å². The Hall–Kier alpha value is -3.13. The van der Waals surface area contributed by atoms with Gasteiger partial charge in [0.2, 0.25) is 0 Å². The average molecular weight is 322 g/mol. The predicted molar refractivity (Wildman–Crippen MR) is 106 cm³/mol. The summed E-state index contributed by atoms with van der Waals surface area (Å²) in [5.41, 5.74) is 9.34. The summed E-state index contributed by atoms with van der Waals surface area (Å²) in [6, 6.07) is 23.4. The summed E-state index contributed by atoms with van der Waals surface area (Å²) in [6.45, 7) is 4.28. The molecule has 0 fully saturated rings. The van der Waals surface area contributed by atoms with Crippen molar-refractivity contribution in [1.29, 1.82) is 0 Å². The van der Waals surface area contributed by atoms with Crippen LogP contribution in [0.4, 0.5) is 0 Å². The van der Waals surface area contributed by atoms with Crippen molar-refractivity contribution >= 4 is 32.8 Å². The number of para-hydroxylation sites is 2. The molecule has 0 aliphatic heterocycles. The van der Waals surface area contributed by atoms with Crippen molar-refractivity contribution in [3.63, 3.8) is 0 Å². The van der Waals surface area contributed by atoms with Crippen molar-refractivity contribution in [2.24, 2.45) is 0 Å². The van der Waals surface area contributed by atoms with E-state index >= 15 is 0 Å². The molecule has 0 saturated carbocycles. The van der Waals surface area contributed by atoms with E-state index in [-0.39, 0.29) is 0 Å². The number of aryl methyl sites for hydroxylation is 2. The number of hydrogen-bond donors (Lipinski definition) is 1. The Balaban J connectivity index is 2.08. The topological polar surface area (TPSA) is 28.7 Å². The summed E-state index contributed by atoms with van der Waals surface area (Å²) >= 11 is 0. The van der Waals surface area contributed by atoms with Gasteiger partial charge in [-0.05, 0) is 30.5 Å². The highest BCUT2D eigenvalue weighted by molar-refractivity contribution is 6.17. The lowest BCUT2D eigenvalue weighted by molar-refractivity contribution is 1.42. The normalized spacial score (nSPS) is 11.6. The molecular formula is C23H18N2. The Morgan fingerprint density at radius 1 is 0.640 bits per heavy atom. The van der Waals surface area contributed by atoms with Crippen LogP contribution in [0.2, 0.25) is 0 Å². The van der Waals surface area contributed by atoms with Gasteiger partial charge >= 0.3 is 0 Å². The van der Waals surface area contributed by atoms with Crippen LogP contribution in [-0.4, -0.2) is 9.97 Å². The third-order valence-electron chi connectivity index (χ3n) is 5.06. The number of aromatic amines is 1. The third-order valence-corrected chi connectivity index (χ3v) is 5.06. The highest BCUT2D eigenvalue weighted by atomic mass is 14.8. The zero-order valence-electron chi connectivity index (χ0n) is 14.3. The van der Waals surface area contributed by atoms with Crippen molar-refractivity contribution < 1.29 is 0 Å². The van der Waals surface area contributed by atoms with E-state index in [0.717, 1.165) is 16.6 Å². The van der Waals surface area contributed by atoms with Crippen LogP contribution in [0.1, 0.15) is 11.1 Å². The molecule has 1 N–H and O–H groups in total. The summed E-state index contributed by atoms with van der Waals surface area (Å²) in [6.07, 6.45) is 0. The summed E-state index contributed by atoms with van der Waals surface area (Å²) in [7, 11) is 0. The van der Waals surface area contributed by atoms with Crippen LogP contribution in [0.3, 0.4) is 0 Å². The standard InChI is InChI=1S/C23H18N2/c1-14-8-6-12-17-19(16-10-4-3-5-11-16)23-22(24-20(14)17)18-13-7-9-15(2)21(18)25-23/h3-13,25H,1-2H3. The number of fused-ring (bicyclic) bond motifs is 4. The van der Waals surface area contributed by atoms with Gasteiger partial charge in [0.25, 0.3) is 0 Å². The SMILES string of the molecule is Cc1cccc2c(-c3ccccc3)c3[nH]c4c(C)cccc4c3nc12. The Morgan fingerprint density at radius 3 is 2.16 bits per heavy atom. The fourth-order valence-corrected chi connectivity index (χ4v) is 3.81. The van der Waals surface area contributed by atoms with Gasteiger partial charge in [0.1, 0.15) is 0 Å². The molecule has 120 valence electrons. The Labute approximate surface area is 146 Å². The van der Waals surface area contributed by atoms with Crippen LogP contribution >= 0.6 is 0 Å². The molecule has 0 aliphatic carbocycles. The molecular weight excluding hydrogens is 304 g/mol. The minimum atomic E-state index is 1.05. The quantitative estimate of drug-likeness (QED) is 0.394. The van der Waals surface area contributed by atoms with Gasteiger partial charge in [-0.15, -0.1) is 0 Å². The molecule has 0 bridgehead atoms. The second-order valence-corrected chi connectivity index (χ2v) is 6.67. The predicted octanol–water partition coefficient (Wildman–Crippen LogP) is 6.15. The lowest BCUT2D eigenvalue weighted by Gasteiger charge is -2.10. The monoisotopic (exact) mass is 322 g/mol. The van der Waals surface area contributed by atoms with E-state index < -0.39 is 0 Å². The summed E-state index contributed by atoms with van der Waals surface area (Å²) < 4.78 is 0. The van der Waals surface area contributed by atoms with Gasteiger partial charge in [-0.25, -0.2) is 4.98 Å². The van der Waals surface area contributed by atoms with Crippen molar-refractivity contribution in [3.8, 4) is 11.1 Å². The first-order valence-electron chi connectivity index (χ1n) is 8.60. The molecule has 0 unspecified atom stereocenters. The van der Waals surface area contributed by atoms with E-state index in [4.69, 9.17) is 4.98 Å². The summed E-state index contributed by atoms with van der Waals surface area (Å²) in [5, 5.41) is 2.39. The highest BCUT2D eigenvalue weighted by Crippen LogP contribution is 2.38. The molecule has 3 aromatic carbocycles. The lowest BCUT2D eigenvalue weighted by atomic mass is 9.97. The maximum Gasteiger partial charge on any atom is 0.0971 e. The molecule has 5 aromatic rings. The minimum absolute atomic E-state index is 1.05. The number of rotatable bonds is 1. The van der Waals surface area contributed by atoms with Gasteiger partial charge in [-0.1, -0.05) is 66.7 Å². The molecule has 2 heteroatoms. The molecule has 5 rings (SSSR count). The zero-order valence-corrected chi connectivity index (χ0v) is 14.3. The van der Waals surface area contributed by atoms with Crippen LogP contribution in [0, 0.1) is 13.8 Å². The first-order valence-corrected chi connectivity index (χ1v) is 8.60. The van der Waals surface area contributed by atoms with E-state index in [1.54, 1.807) is 0 Å². The molecule has 25 heavy (non-hydrogen) atoms. The summed E-state index contributed by atoms with van der Waals surface area (Å²) in [5.74, 6) is 0. The number of hydrogen-bond acceptors (Lipinski definition) is 1. The molecule has 2 nitrogen and oxygen atoms in total. The van der Waals surface area contributed by atoms with Gasteiger partial charge in [0, 0.05) is 16.3 Å². The number of benzene rings is 3. The number of pyridine rings is 1. The van der Waals surface area contributed by atoms with E-state index in [2.05, 4.69) is 85.6 Å². The van der Waals surface area contributed by atoms with E-state index in [1.807, 2.05) is 0 Å². The number of nitrogens with one attached hydrogen (secondary N) is 1. The molecule has 0 aliphatic rings. The van der Waals surface area contributed by atoms with Crippen molar-refractivity contribution in [2.45, 2.75) is 13.8 Å². The Kier molecular flexibility index (Phi) is 2.95. The maximum absolute atomic E-state index is 5.06. The van der Waals surface area contributed by atoms with Gasteiger partial charge in [0.05, 0.1) is 22.1 Å². The first kappa shape index (κ1) is 14.2. The second-order valence-electron chi connectivity index (χ2n) is 6.67. The molecule has 2 aromatic heterocycles. The smallest absolute Gasteiger partial charge is 0.0971 e. The average Bonchev–Trinajstić information content (AvgIpc) is 3.01. The van der Waals surface area contributed by atoms with E-state index in [1.165, 1.54) is 38.5 Å². The van der Waals surface area contributed by atoms with Crippen molar-refractivity contribution in [3.05, 3.63) is 77.9 Å². The van der Waals surface area contributed by atoms with Crippen LogP contribution in [0.5, 0.6) is 0 Å². The van der Waals surface area contributed by atoms with Crippen LogP contribution in [-0.2, 0) is 0 Å². The third kappa shape index (κ3) is 2.01. The molecule has 2 heterocycles. The number of H-pyrrole nitrogens is 1. The largest absolute Gasteiger partial charge is 0.352 e. The van der Waals surface area contributed by atoms with Crippen molar-refractivity contribution in [1.82, 2.24) is 9.97 Å². The lowest BCUT2D eigenvalue weighted by Crippen LogP contribution is -1.90. The van der Waals surface area contributed by atoms with Gasteiger partial charge in [-0.2, -0.15) is 0 Å². The van der Waals surface area contributed by atoms with E-state index in [0.29, 0.717) is 0 Å². The molecule has 0 radical (unpaired) electrons. The molecule has 0 spiro atoms. The van der Waals surface area contributed by atoms with Gasteiger partial charge in [-0.3, -0.25) is 0 Å². The maximum atomic E-state index is 5.06. The van der Waals surface area contributed by atoms with Crippen LogP contribution < -0.4 is 0 Å². The minimum Gasteiger partial charge on any atom is -0.352 e. The Bertz CT molecular complexity index is 1250. The van der Waals surface area contributed by atoms with E-state index in [9.17, 15) is 0 Å². The van der Waals surface area contributed by atoms with Gasteiger partial charge in [0.15, 0.2) is 0 Å². The second kappa shape index (κ2) is 5.18. The first-order chi connectivity index (χ1) is 12.2. The number of nitrogens with zero attached hydrogens (tertiary/aromatic N) is 1. The molecule has 0 saturated heterocycles. The Morgan fingerprint density at radius 2 is 1.36 bits per heavy atom. The summed E-state index contributed by atoms with van der Waals surface area (Å²) in [4.78, 5) is 8.72. The van der Waals surface area contributed by atoms with Crippen LogP contribution in [0.25, 0.3) is 44.0 Å². The molecule has 0 amide bonds. The molecule has 0 atom stereocenters. The number of aromatic nitrogens is 2.